The van der Waals surface area contributed by atoms with Crippen molar-refractivity contribution in [2.75, 3.05) is 24.6 Å². The average molecular weight is 1210 g/mol. The van der Waals surface area contributed by atoms with Crippen molar-refractivity contribution < 1.29 is 72.9 Å². The summed E-state index contributed by atoms with van der Waals surface area (Å²) in [6, 6.07) is 0.993. The molecule has 2 heterocycles. The number of aliphatic carboxylic acids is 2. The number of nitrogens with one attached hydrogen (secondary N) is 9. The van der Waals surface area contributed by atoms with E-state index in [-0.39, 0.29) is 81.1 Å². The molecule has 1 aliphatic heterocycles. The fraction of sp³-hybridized carbons (Fsp3) is 0.527. The molecule has 84 heavy (non-hydrogen) atoms. The number of aromatic hydroxyl groups is 1. The van der Waals surface area contributed by atoms with Gasteiger partial charge in [0.1, 0.15) is 54.1 Å². The van der Waals surface area contributed by atoms with Gasteiger partial charge in [-0.05, 0) is 73.3 Å². The zero-order valence-corrected chi connectivity index (χ0v) is 49.0. The molecule has 1 aromatic heterocycles. The number of amides is 10. The number of thiol groups is 2. The first-order valence-electron chi connectivity index (χ1n) is 27.5. The number of fused-ring (bicyclic) bond motifs is 1. The van der Waals surface area contributed by atoms with Crippen LogP contribution >= 0.6 is 25.3 Å². The van der Waals surface area contributed by atoms with Crippen molar-refractivity contribution in [2.45, 2.75) is 146 Å². The van der Waals surface area contributed by atoms with Crippen LogP contribution < -0.4 is 54.0 Å². The van der Waals surface area contributed by atoms with Crippen molar-refractivity contribution in [1.82, 2.24) is 52.4 Å². The Labute approximate surface area is 496 Å². The molecule has 0 bridgehead atoms. The zero-order valence-electron chi connectivity index (χ0n) is 47.2. The van der Waals surface area contributed by atoms with Gasteiger partial charge in [0.05, 0.1) is 12.6 Å². The Bertz CT molecular complexity index is 2840. The summed E-state index contributed by atoms with van der Waals surface area (Å²) in [5, 5.41) is 49.9. The lowest BCUT2D eigenvalue weighted by molar-refractivity contribution is -0.143. The van der Waals surface area contributed by atoms with Crippen molar-refractivity contribution in [3.63, 3.8) is 0 Å². The third-order valence-corrected chi connectivity index (χ3v) is 14.8. The minimum absolute atomic E-state index is 0.0355. The first-order valence-corrected chi connectivity index (χ1v) is 28.8. The van der Waals surface area contributed by atoms with Crippen molar-refractivity contribution in [1.29, 1.82) is 0 Å². The highest BCUT2D eigenvalue weighted by Gasteiger charge is 2.40. The number of nitrogens with two attached hydrogens (primary N) is 2. The van der Waals surface area contributed by atoms with Crippen LogP contribution in [-0.2, 0) is 70.4 Å². The Hall–Kier alpha value is -7.92. The lowest BCUT2D eigenvalue weighted by atomic mass is 9.96. The molecule has 4 rings (SSSR count). The number of benzene rings is 2. The smallest absolute Gasteiger partial charge is 0.326 e. The van der Waals surface area contributed by atoms with E-state index in [4.69, 9.17) is 16.6 Å². The largest absolute Gasteiger partial charge is 0.508 e. The molecule has 10 amide bonds. The fourth-order valence-corrected chi connectivity index (χ4v) is 9.70. The molecule has 2 aromatic carbocycles. The first-order chi connectivity index (χ1) is 39.8. The van der Waals surface area contributed by atoms with Gasteiger partial charge in [-0.3, -0.25) is 52.7 Å². The maximum absolute atomic E-state index is 14.4. The summed E-state index contributed by atoms with van der Waals surface area (Å²) >= 11 is 8.54. The number of carbonyl (C=O) groups is 12. The Balaban J connectivity index is 1.49. The SMILES string of the molecule is CC[C@H](C)[C@H](NC(=O)[C@H](Cc1c[nH]c2ccccc12)NC(=O)[C@H](CS)NC(=O)[C@H](CC(C)C)NC(=O)CNC(=O)[C@H](Cc1ccc(O)cc1)NC(=O)[C@@H]1CCCN1C(=O)[C@H](CS)NC(=O)[C@@H](N)CCC(=O)O)C(=O)N[C@@H](CCC(N)=O)C(=O)O. The Morgan fingerprint density at radius 1 is 0.690 bits per heavy atom. The van der Waals surface area contributed by atoms with Crippen molar-refractivity contribution in [3.05, 3.63) is 65.9 Å². The second-order valence-electron chi connectivity index (χ2n) is 21.0. The van der Waals surface area contributed by atoms with Crippen LogP contribution in [0.3, 0.4) is 0 Å². The molecular weight excluding hydrogens is 1130 g/mol. The number of primary amides is 1. The fourth-order valence-electron chi connectivity index (χ4n) is 9.19. The minimum Gasteiger partial charge on any atom is -0.508 e. The van der Waals surface area contributed by atoms with Crippen LogP contribution in [0.2, 0.25) is 0 Å². The van der Waals surface area contributed by atoms with Crippen LogP contribution in [0.25, 0.3) is 10.9 Å². The van der Waals surface area contributed by atoms with Gasteiger partial charge in [-0.15, -0.1) is 0 Å². The summed E-state index contributed by atoms with van der Waals surface area (Å²) in [7, 11) is 0. The summed E-state index contributed by atoms with van der Waals surface area (Å²) in [4.78, 5) is 163. The molecule has 1 saturated heterocycles. The number of nitrogens with zero attached hydrogens (tertiary/aromatic N) is 1. The Morgan fingerprint density at radius 2 is 1.30 bits per heavy atom. The summed E-state index contributed by atoms with van der Waals surface area (Å²) in [6.45, 7) is 6.33. The number of rotatable bonds is 34. The number of phenols is 1. The minimum atomic E-state index is -1.52. The van der Waals surface area contributed by atoms with Crippen LogP contribution in [0.4, 0.5) is 0 Å². The number of carbonyl (C=O) groups excluding carboxylic acids is 10. The molecule has 3 aromatic rings. The quantitative estimate of drug-likeness (QED) is 0.0308. The maximum Gasteiger partial charge on any atom is 0.326 e. The number of likely N-dealkylation sites (tertiary alicyclic amines) is 1. The predicted molar refractivity (Wildman–Crippen MR) is 313 cm³/mol. The number of phenolic OH excluding ortho intramolecular Hbond substituents is 1. The number of H-pyrrole nitrogens is 1. The number of aromatic nitrogens is 1. The van der Waals surface area contributed by atoms with Gasteiger partial charge in [-0.25, -0.2) is 4.79 Å². The highest BCUT2D eigenvalue weighted by molar-refractivity contribution is 7.80. The van der Waals surface area contributed by atoms with Gasteiger partial charge in [0.15, 0.2) is 0 Å². The second-order valence-corrected chi connectivity index (χ2v) is 21.7. The summed E-state index contributed by atoms with van der Waals surface area (Å²) in [6.07, 6.45) is 1.05. The van der Waals surface area contributed by atoms with E-state index in [0.29, 0.717) is 29.4 Å². The van der Waals surface area contributed by atoms with E-state index < -0.39 is 138 Å². The van der Waals surface area contributed by atoms with Gasteiger partial charge in [0.25, 0.3) is 0 Å². The number of para-hydroxylation sites is 1. The zero-order chi connectivity index (χ0) is 62.4. The average Bonchev–Trinajstić information content (AvgIpc) is 4.24. The van der Waals surface area contributed by atoms with Crippen LogP contribution in [0.15, 0.2) is 54.7 Å². The lowest BCUT2D eigenvalue weighted by Gasteiger charge is -2.30. The summed E-state index contributed by atoms with van der Waals surface area (Å²) < 4.78 is 0. The topological polar surface area (TPSA) is 433 Å². The molecule has 0 aliphatic carbocycles. The van der Waals surface area contributed by atoms with Crippen LogP contribution in [0, 0.1) is 11.8 Å². The monoisotopic (exact) mass is 1210 g/mol. The van der Waals surface area contributed by atoms with Crippen molar-refractivity contribution >= 4 is 107 Å². The van der Waals surface area contributed by atoms with E-state index in [1.54, 1.807) is 58.2 Å². The Morgan fingerprint density at radius 3 is 1.92 bits per heavy atom. The molecule has 0 spiro atoms. The Kier molecular flexibility index (Phi) is 27.3. The van der Waals surface area contributed by atoms with Crippen molar-refractivity contribution in [2.24, 2.45) is 23.3 Å². The van der Waals surface area contributed by atoms with Gasteiger partial charge in [-0.1, -0.05) is 64.4 Å². The van der Waals surface area contributed by atoms with E-state index in [9.17, 15) is 67.7 Å². The molecule has 0 saturated carbocycles. The van der Waals surface area contributed by atoms with E-state index in [0.717, 1.165) is 5.52 Å². The molecule has 29 heteroatoms. The molecule has 0 unspecified atom stereocenters. The van der Waals surface area contributed by atoms with Gasteiger partial charge in [-0.2, -0.15) is 25.3 Å². The van der Waals surface area contributed by atoms with Crippen LogP contribution in [0.1, 0.15) is 90.2 Å². The number of hydrogen-bond acceptors (Lipinski definition) is 16. The summed E-state index contributed by atoms with van der Waals surface area (Å²) in [5.41, 5.74) is 12.9. The van der Waals surface area contributed by atoms with E-state index in [1.807, 2.05) is 0 Å². The van der Waals surface area contributed by atoms with Gasteiger partial charge < -0.3 is 79.2 Å². The van der Waals surface area contributed by atoms with Gasteiger partial charge in [0.2, 0.25) is 59.1 Å². The predicted octanol–water partition coefficient (Wildman–Crippen LogP) is -1.35. The number of carboxylic acid groups (broad SMARTS) is 2. The van der Waals surface area contributed by atoms with E-state index >= 15 is 0 Å². The molecular formula is C55H78N12O15S2. The number of carboxylic acids is 2. The molecule has 27 nitrogen and oxygen atoms in total. The lowest BCUT2D eigenvalue weighted by Crippen LogP contribution is -2.60. The standard InChI is InChI=1S/C55H78N12O15S2/c1-5-29(4)46(53(79)61-36(55(81)82)17-18-43(57)69)66-50(76)39(23-31-24-58-35-10-7-6-9-33(31)35)62-51(77)40(26-83)64-49(75)37(21-28(2)3)60-44(70)25-59-48(74)38(22-30-12-14-32(68)15-13-30)63-52(78)42-11-8-20-67(42)54(80)41(27-84)65-47(73)34(56)16-19-45(71)72/h6-7,9-10,12-15,24,28-29,34,36-42,46,58,68,83-84H,5,8,11,16-23,25-27,56H2,1-4H3,(H2,57,69)(H,59,74)(H,60,70)(H,61,79)(H,62,77)(H,63,78)(H,64,75)(H,65,73)(H,66,76)(H,71,72)(H,81,82)/t29-,34-,36-,37-,38-,39-,40-,41-,42-,46-/m0/s1. The van der Waals surface area contributed by atoms with E-state index in [2.05, 4.69) is 72.8 Å². The normalized spacial score (nSPS) is 16.2. The molecule has 1 fully saturated rings. The molecule has 10 atom stereocenters. The summed E-state index contributed by atoms with van der Waals surface area (Å²) in [5.74, 6) is -12.1. The van der Waals surface area contributed by atoms with Crippen molar-refractivity contribution in [3.8, 4) is 5.75 Å². The highest BCUT2D eigenvalue weighted by atomic mass is 32.1. The van der Waals surface area contributed by atoms with Gasteiger partial charge >= 0.3 is 11.9 Å². The number of hydrogen-bond donors (Lipinski definition) is 16. The third-order valence-electron chi connectivity index (χ3n) is 14.1. The number of aromatic amines is 1. The van der Waals surface area contributed by atoms with Crippen LogP contribution in [-0.4, -0.2) is 175 Å². The molecule has 1 aliphatic rings. The van der Waals surface area contributed by atoms with E-state index in [1.165, 1.54) is 29.2 Å². The molecule has 460 valence electrons. The first kappa shape index (κ1) is 68.6. The van der Waals surface area contributed by atoms with Crippen LogP contribution in [0.5, 0.6) is 5.75 Å². The highest BCUT2D eigenvalue weighted by Crippen LogP contribution is 2.22. The second kappa shape index (κ2) is 33.4. The van der Waals surface area contributed by atoms with Gasteiger partial charge in [0, 0.05) is 60.8 Å². The third kappa shape index (κ3) is 21.1. The molecule has 16 N–H and O–H groups in total. The maximum atomic E-state index is 14.4. The molecule has 0 radical (unpaired) electrons.